The van der Waals surface area contributed by atoms with Crippen LogP contribution in [0.5, 0.6) is 0 Å². The summed E-state index contributed by atoms with van der Waals surface area (Å²) in [5.74, 6) is -3.30. The van der Waals surface area contributed by atoms with Crippen molar-refractivity contribution in [3.8, 4) is 0 Å². The Morgan fingerprint density at radius 2 is 1.98 bits per heavy atom. The van der Waals surface area contributed by atoms with Crippen LogP contribution in [0.25, 0.3) is 10.4 Å². The van der Waals surface area contributed by atoms with Crippen LogP contribution in [0.3, 0.4) is 0 Å². The molecule has 2 aliphatic rings. The van der Waals surface area contributed by atoms with Crippen LogP contribution in [0, 0.1) is 18.2 Å². The fourth-order valence-corrected chi connectivity index (χ4v) is 5.87. The van der Waals surface area contributed by atoms with E-state index < -0.39 is 46.1 Å². The first-order chi connectivity index (χ1) is 20.4. The number of rotatable bonds is 5. The first-order valence-electron chi connectivity index (χ1n) is 13.2. The number of thiazole rings is 1. The van der Waals surface area contributed by atoms with Crippen LogP contribution in [-0.4, -0.2) is 66.6 Å². The van der Waals surface area contributed by atoms with Crippen LogP contribution in [0.1, 0.15) is 34.8 Å². The van der Waals surface area contributed by atoms with E-state index in [1.54, 1.807) is 11.0 Å². The lowest BCUT2D eigenvalue weighted by atomic mass is 9.96. The van der Waals surface area contributed by atoms with E-state index in [4.69, 9.17) is 6.57 Å². The normalized spacial score (nSPS) is 17.9. The minimum Gasteiger partial charge on any atom is -0.367 e. The van der Waals surface area contributed by atoms with Crippen molar-refractivity contribution >= 4 is 44.3 Å². The number of anilines is 3. The van der Waals surface area contributed by atoms with Gasteiger partial charge in [0.05, 0.1) is 28.9 Å². The van der Waals surface area contributed by atoms with Gasteiger partial charge < -0.3 is 25.0 Å². The number of H-pyrrole nitrogens is 1. The number of halogens is 5. The average molecular weight is 620 g/mol. The molecule has 1 atom stereocenters. The van der Waals surface area contributed by atoms with Gasteiger partial charge >= 0.3 is 6.18 Å². The number of pyridine rings is 1. The summed E-state index contributed by atoms with van der Waals surface area (Å²) in [5, 5.41) is 3.27. The van der Waals surface area contributed by atoms with Crippen molar-refractivity contribution in [1.29, 1.82) is 0 Å². The minimum absolute atomic E-state index is 0.00229. The molecule has 2 N–H and O–H groups in total. The number of piperazine rings is 1. The molecule has 2 aromatic heterocycles. The maximum absolute atomic E-state index is 16.4. The van der Waals surface area contributed by atoms with Gasteiger partial charge in [-0.05, 0) is 26.0 Å². The molecule has 4 heterocycles. The molecule has 1 saturated heterocycles. The summed E-state index contributed by atoms with van der Waals surface area (Å²) in [6.07, 6.45) is -1.13. The highest BCUT2D eigenvalue weighted by molar-refractivity contribution is 7.19. The Hall–Kier alpha value is -4.29. The molecule has 1 aromatic carbocycles. The number of nitrogens with zero attached hydrogens (tertiary/aromatic N) is 5. The zero-order valence-corrected chi connectivity index (χ0v) is 23.9. The number of aromatic amines is 1. The molecule has 1 amide bonds. The van der Waals surface area contributed by atoms with Crippen LogP contribution >= 0.6 is 11.3 Å². The predicted molar refractivity (Wildman–Crippen MR) is 154 cm³/mol. The van der Waals surface area contributed by atoms with Crippen molar-refractivity contribution in [2.24, 2.45) is 0 Å². The molecular weight excluding hydrogens is 593 g/mol. The summed E-state index contributed by atoms with van der Waals surface area (Å²) in [7, 11) is 1.90. The highest BCUT2D eigenvalue weighted by Gasteiger charge is 2.37. The van der Waals surface area contributed by atoms with Crippen molar-refractivity contribution in [2.45, 2.75) is 25.6 Å². The first kappa shape index (κ1) is 30.2. The zero-order valence-electron chi connectivity index (χ0n) is 23.1. The number of carbonyl (C=O) groups excluding carboxylic acids is 1. The fourth-order valence-electron chi connectivity index (χ4n) is 5.14. The number of hydrogen-bond acceptors (Lipinski definition) is 7. The Kier molecular flexibility index (Phi) is 8.26. The van der Waals surface area contributed by atoms with Gasteiger partial charge in [-0.25, -0.2) is 18.6 Å². The summed E-state index contributed by atoms with van der Waals surface area (Å²) in [5.41, 5.74) is -3.98. The third-order valence-corrected chi connectivity index (χ3v) is 8.55. The van der Waals surface area contributed by atoms with Gasteiger partial charge in [0.1, 0.15) is 11.5 Å². The Morgan fingerprint density at radius 1 is 1.21 bits per heavy atom. The smallest absolute Gasteiger partial charge is 0.367 e. The van der Waals surface area contributed by atoms with Crippen LogP contribution in [0.4, 0.5) is 43.5 Å². The topological polar surface area (TPSA) is 88.9 Å². The van der Waals surface area contributed by atoms with Gasteiger partial charge in [-0.3, -0.25) is 9.59 Å². The van der Waals surface area contributed by atoms with E-state index in [9.17, 15) is 22.8 Å². The van der Waals surface area contributed by atoms with Gasteiger partial charge in [-0.1, -0.05) is 6.08 Å². The Bertz CT molecular complexity index is 1690. The maximum atomic E-state index is 16.4. The van der Waals surface area contributed by atoms with E-state index in [0.717, 1.165) is 6.07 Å². The van der Waals surface area contributed by atoms with Crippen molar-refractivity contribution in [3.05, 3.63) is 80.7 Å². The van der Waals surface area contributed by atoms with E-state index in [1.165, 1.54) is 17.5 Å². The number of alkyl halides is 3. The second kappa shape index (κ2) is 11.8. The molecule has 0 saturated carbocycles. The summed E-state index contributed by atoms with van der Waals surface area (Å²) in [6.45, 7) is 10.9. The molecule has 2 aliphatic heterocycles. The lowest BCUT2D eigenvalue weighted by molar-refractivity contribution is -0.138. The van der Waals surface area contributed by atoms with Crippen LogP contribution in [0.15, 0.2) is 35.4 Å². The third kappa shape index (κ3) is 6.11. The molecule has 0 unspecified atom stereocenters. The first-order valence-corrected chi connectivity index (χ1v) is 14.0. The van der Waals surface area contributed by atoms with Gasteiger partial charge in [0.25, 0.3) is 10.9 Å². The third-order valence-electron chi connectivity index (χ3n) is 7.60. The lowest BCUT2D eigenvalue weighted by Crippen LogP contribution is -2.50. The number of likely N-dealkylation sites (N-methyl/N-ethyl adjacent to an activating group) is 1. The maximum Gasteiger partial charge on any atom is 0.417 e. The summed E-state index contributed by atoms with van der Waals surface area (Å²) < 4.78 is 73.2. The highest BCUT2D eigenvalue weighted by Crippen LogP contribution is 2.40. The van der Waals surface area contributed by atoms with E-state index in [1.807, 2.05) is 23.8 Å². The summed E-state index contributed by atoms with van der Waals surface area (Å²) in [6, 6.07) is 1.34. The number of benzene rings is 1. The minimum atomic E-state index is -5.03. The van der Waals surface area contributed by atoms with Gasteiger partial charge in [-0.15, -0.1) is 11.3 Å². The lowest BCUT2D eigenvalue weighted by Gasteiger charge is -2.40. The molecule has 226 valence electrons. The number of amides is 1. The van der Waals surface area contributed by atoms with Crippen molar-refractivity contribution in [3.63, 3.8) is 0 Å². The standard InChI is InChI=1S/C28H26F5N7O2S/c1-15-14-40(9-8-38(15)3)20-11-19(29)23(16-4-6-39(7-5-16)27-36-13-22(34-2)43-27)24(30)25(20)37-26(42)17-12-35-21(41)10-18(17)28(31,32)33/h4,10-13,15H,5-9,14H2,1,3H3,(H,35,41)(H,37,42)/t15-/m0/s1. The van der Waals surface area contributed by atoms with Crippen LogP contribution in [0.2, 0.25) is 0 Å². The molecule has 0 aliphatic carbocycles. The number of nitrogens with one attached hydrogen (secondary N) is 2. The number of hydrogen-bond donors (Lipinski definition) is 2. The van der Waals surface area contributed by atoms with Crippen molar-refractivity contribution in [1.82, 2.24) is 14.9 Å². The summed E-state index contributed by atoms with van der Waals surface area (Å²) >= 11 is 1.20. The van der Waals surface area contributed by atoms with Gasteiger partial charge in [-0.2, -0.15) is 13.2 Å². The van der Waals surface area contributed by atoms with Gasteiger partial charge in [0.15, 0.2) is 10.9 Å². The second-order valence-electron chi connectivity index (χ2n) is 10.3. The Balaban J connectivity index is 1.55. The van der Waals surface area contributed by atoms with Gasteiger partial charge in [0.2, 0.25) is 5.56 Å². The molecule has 0 bridgehead atoms. The molecule has 43 heavy (non-hydrogen) atoms. The molecule has 0 spiro atoms. The highest BCUT2D eigenvalue weighted by atomic mass is 32.1. The van der Waals surface area contributed by atoms with Crippen molar-refractivity contribution in [2.75, 3.05) is 54.9 Å². The molecule has 3 aromatic rings. The Morgan fingerprint density at radius 3 is 2.60 bits per heavy atom. The van der Waals surface area contributed by atoms with E-state index in [-0.39, 0.29) is 36.3 Å². The molecule has 5 rings (SSSR count). The predicted octanol–water partition coefficient (Wildman–Crippen LogP) is 5.37. The molecule has 1 fully saturated rings. The molecule has 15 heteroatoms. The molecular formula is C28H26F5N7O2S. The number of carbonyl (C=O) groups is 1. The zero-order chi connectivity index (χ0) is 31.1. The molecule has 9 nitrogen and oxygen atoms in total. The average Bonchev–Trinajstić information content (AvgIpc) is 3.45. The quantitative estimate of drug-likeness (QED) is 0.295. The SMILES string of the molecule is [C-]#[N+]c1cnc(N2CC=C(c3c(F)cc(N4CCN(C)[C@@H](C)C4)c(NC(=O)c4c[nH]c(=O)cc4C(F)(F)F)c3F)CC2)s1. The Labute approximate surface area is 247 Å². The summed E-state index contributed by atoms with van der Waals surface area (Å²) in [4.78, 5) is 40.0. The molecule has 0 radical (unpaired) electrons. The number of aromatic nitrogens is 2. The van der Waals surface area contributed by atoms with E-state index >= 15 is 8.78 Å². The monoisotopic (exact) mass is 619 g/mol. The fraction of sp³-hybridized carbons (Fsp3) is 0.357. The van der Waals surface area contributed by atoms with E-state index in [0.29, 0.717) is 48.1 Å². The van der Waals surface area contributed by atoms with Crippen LogP contribution < -0.4 is 20.7 Å². The largest absolute Gasteiger partial charge is 0.417 e. The van der Waals surface area contributed by atoms with Gasteiger partial charge in [0, 0.05) is 63.3 Å². The van der Waals surface area contributed by atoms with E-state index in [2.05, 4.69) is 20.1 Å². The van der Waals surface area contributed by atoms with Crippen LogP contribution in [-0.2, 0) is 6.18 Å². The van der Waals surface area contributed by atoms with Crippen molar-refractivity contribution < 1.29 is 26.7 Å². The second-order valence-corrected chi connectivity index (χ2v) is 11.3.